The Morgan fingerprint density at radius 2 is 2.36 bits per heavy atom. The van der Waals surface area contributed by atoms with Crippen molar-refractivity contribution in [3.05, 3.63) is 35.6 Å². The van der Waals surface area contributed by atoms with Crippen LogP contribution < -0.4 is 5.32 Å². The lowest BCUT2D eigenvalue weighted by molar-refractivity contribution is -0.0573. The van der Waals surface area contributed by atoms with Crippen molar-refractivity contribution < 1.29 is 9.13 Å². The molecule has 3 heteroatoms. The zero-order valence-corrected chi connectivity index (χ0v) is 8.22. The number of hydrogen-bond acceptors (Lipinski definition) is 2. The van der Waals surface area contributed by atoms with Gasteiger partial charge in [-0.15, -0.1) is 0 Å². The van der Waals surface area contributed by atoms with Crippen LogP contribution in [0.5, 0.6) is 0 Å². The van der Waals surface area contributed by atoms with Crippen LogP contribution in [0.1, 0.15) is 12.5 Å². The lowest BCUT2D eigenvalue weighted by Crippen LogP contribution is -2.45. The second-order valence-corrected chi connectivity index (χ2v) is 3.77. The Bertz CT molecular complexity index is 321. The molecule has 0 aromatic heterocycles. The van der Waals surface area contributed by atoms with Gasteiger partial charge in [-0.25, -0.2) is 4.39 Å². The lowest BCUT2D eigenvalue weighted by atomic mass is 9.94. The third-order valence-corrected chi connectivity index (χ3v) is 2.60. The third kappa shape index (κ3) is 1.79. The maximum Gasteiger partial charge on any atom is 0.123 e. The Labute approximate surface area is 83.1 Å². The minimum atomic E-state index is -0.389. The topological polar surface area (TPSA) is 21.3 Å². The summed E-state index contributed by atoms with van der Waals surface area (Å²) in [7, 11) is 0. The minimum absolute atomic E-state index is 0.210. The molecule has 1 N–H and O–H groups in total. The normalized spacial score (nSPS) is 27.6. The van der Waals surface area contributed by atoms with Gasteiger partial charge in [0.25, 0.3) is 0 Å². The van der Waals surface area contributed by atoms with E-state index >= 15 is 0 Å². The van der Waals surface area contributed by atoms with Crippen LogP contribution in [0.3, 0.4) is 0 Å². The summed E-state index contributed by atoms with van der Waals surface area (Å²) in [6, 6.07) is 6.60. The van der Waals surface area contributed by atoms with Gasteiger partial charge in [-0.05, 0) is 24.6 Å². The minimum Gasteiger partial charge on any atom is -0.368 e. The Morgan fingerprint density at radius 1 is 1.50 bits per heavy atom. The van der Waals surface area contributed by atoms with Gasteiger partial charge in [-0.3, -0.25) is 0 Å². The van der Waals surface area contributed by atoms with Gasteiger partial charge < -0.3 is 10.1 Å². The van der Waals surface area contributed by atoms with E-state index in [1.807, 2.05) is 13.0 Å². The number of morpholine rings is 1. The predicted molar refractivity (Wildman–Crippen MR) is 52.6 cm³/mol. The van der Waals surface area contributed by atoms with E-state index in [4.69, 9.17) is 4.74 Å². The molecule has 0 aliphatic carbocycles. The number of nitrogens with one attached hydrogen (secondary N) is 1. The van der Waals surface area contributed by atoms with Gasteiger partial charge in [-0.2, -0.15) is 0 Å². The summed E-state index contributed by atoms with van der Waals surface area (Å²) in [5, 5.41) is 3.25. The summed E-state index contributed by atoms with van der Waals surface area (Å²) < 4.78 is 18.7. The van der Waals surface area contributed by atoms with Crippen LogP contribution in [0.4, 0.5) is 4.39 Å². The highest BCUT2D eigenvalue weighted by Gasteiger charge is 2.29. The van der Waals surface area contributed by atoms with Crippen molar-refractivity contribution in [2.24, 2.45) is 0 Å². The summed E-state index contributed by atoms with van der Waals surface area (Å²) in [5.74, 6) is -0.210. The average molecular weight is 195 g/mol. The molecule has 0 spiro atoms. The number of halogens is 1. The summed E-state index contributed by atoms with van der Waals surface area (Å²) >= 11 is 0. The molecular weight excluding hydrogens is 181 g/mol. The lowest BCUT2D eigenvalue weighted by Gasteiger charge is -2.34. The van der Waals surface area contributed by atoms with E-state index < -0.39 is 0 Å². The molecule has 1 saturated heterocycles. The molecular formula is C11H14FNO. The van der Waals surface area contributed by atoms with Crippen LogP contribution in [0, 0.1) is 5.82 Å². The summed E-state index contributed by atoms with van der Waals surface area (Å²) in [6.07, 6.45) is 0. The molecule has 2 nitrogen and oxygen atoms in total. The zero-order valence-electron chi connectivity index (χ0n) is 8.22. The highest BCUT2D eigenvalue weighted by atomic mass is 19.1. The van der Waals surface area contributed by atoms with E-state index in [1.165, 1.54) is 12.1 Å². The van der Waals surface area contributed by atoms with E-state index in [0.29, 0.717) is 6.61 Å². The molecule has 1 aromatic carbocycles. The van der Waals surface area contributed by atoms with Crippen molar-refractivity contribution in [2.75, 3.05) is 19.7 Å². The van der Waals surface area contributed by atoms with Gasteiger partial charge in [-0.1, -0.05) is 12.1 Å². The molecule has 14 heavy (non-hydrogen) atoms. The van der Waals surface area contributed by atoms with E-state index in [9.17, 15) is 4.39 Å². The van der Waals surface area contributed by atoms with Crippen molar-refractivity contribution >= 4 is 0 Å². The van der Waals surface area contributed by atoms with Crippen LogP contribution >= 0.6 is 0 Å². The third-order valence-electron chi connectivity index (χ3n) is 2.60. The van der Waals surface area contributed by atoms with E-state index in [1.54, 1.807) is 6.07 Å². The molecule has 0 saturated carbocycles. The summed E-state index contributed by atoms with van der Waals surface area (Å²) in [4.78, 5) is 0. The Hall–Kier alpha value is -0.930. The molecule has 0 amide bonds. The van der Waals surface area contributed by atoms with Crippen LogP contribution in [-0.2, 0) is 10.3 Å². The largest absolute Gasteiger partial charge is 0.368 e. The molecule has 1 heterocycles. The second kappa shape index (κ2) is 3.67. The van der Waals surface area contributed by atoms with Crippen molar-refractivity contribution in [1.29, 1.82) is 0 Å². The van der Waals surface area contributed by atoms with Crippen LogP contribution in [0.25, 0.3) is 0 Å². The quantitative estimate of drug-likeness (QED) is 0.735. The molecule has 1 atom stereocenters. The van der Waals surface area contributed by atoms with Gasteiger partial charge in [0.05, 0.1) is 6.61 Å². The smallest absolute Gasteiger partial charge is 0.123 e. The second-order valence-electron chi connectivity index (χ2n) is 3.77. The zero-order chi connectivity index (χ0) is 10.0. The first-order valence-electron chi connectivity index (χ1n) is 4.81. The fourth-order valence-corrected chi connectivity index (χ4v) is 1.73. The fraction of sp³-hybridized carbons (Fsp3) is 0.455. The Balaban J connectivity index is 2.28. The highest BCUT2D eigenvalue weighted by Crippen LogP contribution is 2.26. The molecule has 0 unspecified atom stereocenters. The van der Waals surface area contributed by atoms with Gasteiger partial charge in [0.2, 0.25) is 0 Å². The molecule has 1 fully saturated rings. The van der Waals surface area contributed by atoms with Crippen molar-refractivity contribution in [1.82, 2.24) is 5.32 Å². The Kier molecular flexibility index (Phi) is 2.52. The predicted octanol–water partition coefficient (Wildman–Crippen LogP) is 1.66. The SMILES string of the molecule is C[C@@]1(c2cccc(F)c2)CNCCO1. The number of ether oxygens (including phenoxy) is 1. The van der Waals surface area contributed by atoms with Crippen LogP contribution in [-0.4, -0.2) is 19.7 Å². The molecule has 1 aromatic rings. The van der Waals surface area contributed by atoms with E-state index in [-0.39, 0.29) is 11.4 Å². The highest BCUT2D eigenvalue weighted by molar-refractivity contribution is 5.23. The van der Waals surface area contributed by atoms with Crippen molar-refractivity contribution in [3.8, 4) is 0 Å². The first-order valence-corrected chi connectivity index (χ1v) is 4.81. The number of hydrogen-bond donors (Lipinski definition) is 1. The van der Waals surface area contributed by atoms with Crippen LogP contribution in [0.15, 0.2) is 24.3 Å². The van der Waals surface area contributed by atoms with Gasteiger partial charge >= 0.3 is 0 Å². The maximum absolute atomic E-state index is 13.0. The van der Waals surface area contributed by atoms with Crippen molar-refractivity contribution in [2.45, 2.75) is 12.5 Å². The molecule has 76 valence electrons. The van der Waals surface area contributed by atoms with Crippen molar-refractivity contribution in [3.63, 3.8) is 0 Å². The number of rotatable bonds is 1. The van der Waals surface area contributed by atoms with Gasteiger partial charge in [0.15, 0.2) is 0 Å². The maximum atomic E-state index is 13.0. The molecule has 1 aliphatic rings. The molecule has 1 aliphatic heterocycles. The van der Waals surface area contributed by atoms with Crippen LogP contribution in [0.2, 0.25) is 0 Å². The number of benzene rings is 1. The molecule has 2 rings (SSSR count). The van der Waals surface area contributed by atoms with Gasteiger partial charge in [0, 0.05) is 13.1 Å². The standard InChI is InChI=1S/C11H14FNO/c1-11(8-13-5-6-14-11)9-3-2-4-10(12)7-9/h2-4,7,13H,5-6,8H2,1H3/t11-/m0/s1. The summed E-state index contributed by atoms with van der Waals surface area (Å²) in [5.41, 5.74) is 0.505. The van der Waals surface area contributed by atoms with E-state index in [0.717, 1.165) is 18.7 Å². The van der Waals surface area contributed by atoms with Gasteiger partial charge in [0.1, 0.15) is 11.4 Å². The average Bonchev–Trinajstić information content (AvgIpc) is 2.19. The first kappa shape index (κ1) is 9.62. The summed E-state index contributed by atoms with van der Waals surface area (Å²) in [6.45, 7) is 4.25. The fourth-order valence-electron chi connectivity index (χ4n) is 1.73. The van der Waals surface area contributed by atoms with E-state index in [2.05, 4.69) is 5.32 Å². The molecule has 0 radical (unpaired) electrons. The monoisotopic (exact) mass is 195 g/mol. The first-order chi connectivity index (χ1) is 6.71. The molecule has 0 bridgehead atoms. The Morgan fingerprint density at radius 3 is 3.00 bits per heavy atom.